The predicted octanol–water partition coefficient (Wildman–Crippen LogP) is 2.12. The Labute approximate surface area is 131 Å². The quantitative estimate of drug-likeness (QED) is 0.871. The highest BCUT2D eigenvalue weighted by molar-refractivity contribution is 5.15. The number of aryl methyl sites for hydroxylation is 1. The van der Waals surface area contributed by atoms with Gasteiger partial charge in [-0.1, -0.05) is 0 Å². The third kappa shape index (κ3) is 2.83. The average molecular weight is 300 g/mol. The van der Waals surface area contributed by atoms with E-state index in [2.05, 4.69) is 43.5 Å². The Morgan fingerprint density at radius 2 is 1.95 bits per heavy atom. The molecule has 1 saturated heterocycles. The maximum Gasteiger partial charge on any atom is 0.0952 e. The predicted molar refractivity (Wildman–Crippen MR) is 84.6 cm³/mol. The number of ether oxygens (including phenoxy) is 1. The second kappa shape index (κ2) is 6.26. The molecule has 1 fully saturated rings. The van der Waals surface area contributed by atoms with E-state index in [0.717, 1.165) is 32.8 Å². The number of aromatic nitrogens is 3. The summed E-state index contributed by atoms with van der Waals surface area (Å²) in [5.74, 6) is 0. The Bertz CT molecular complexity index is 598. The first-order valence-electron chi connectivity index (χ1n) is 8.35. The summed E-state index contributed by atoms with van der Waals surface area (Å²) in [5, 5.41) is 0. The number of rotatable bonds is 3. The van der Waals surface area contributed by atoms with Gasteiger partial charge in [-0.3, -0.25) is 4.90 Å². The number of hydrogen-bond donors (Lipinski definition) is 0. The molecule has 5 heteroatoms. The maximum atomic E-state index is 5.52. The minimum atomic E-state index is 0.676. The van der Waals surface area contributed by atoms with Crippen molar-refractivity contribution < 1.29 is 4.74 Å². The summed E-state index contributed by atoms with van der Waals surface area (Å²) >= 11 is 0. The number of imidazole rings is 1. The first-order chi connectivity index (χ1) is 10.9. The van der Waals surface area contributed by atoms with Crippen molar-refractivity contribution in [3.63, 3.8) is 0 Å². The molecule has 0 amide bonds. The summed E-state index contributed by atoms with van der Waals surface area (Å²) in [6.07, 6.45) is 9.80. The highest BCUT2D eigenvalue weighted by Crippen LogP contribution is 2.23. The first kappa shape index (κ1) is 14.0. The molecule has 118 valence electrons. The lowest BCUT2D eigenvalue weighted by atomic mass is 10.1. The van der Waals surface area contributed by atoms with Gasteiger partial charge in [0.25, 0.3) is 0 Å². The summed E-state index contributed by atoms with van der Waals surface area (Å²) in [4.78, 5) is 7.34. The zero-order valence-corrected chi connectivity index (χ0v) is 13.0. The Hall–Kier alpha value is -1.59. The van der Waals surface area contributed by atoms with E-state index in [9.17, 15) is 0 Å². The van der Waals surface area contributed by atoms with E-state index in [0.29, 0.717) is 6.04 Å². The Morgan fingerprint density at radius 3 is 2.77 bits per heavy atom. The Kier molecular flexibility index (Phi) is 3.99. The third-order valence-corrected chi connectivity index (χ3v) is 4.94. The van der Waals surface area contributed by atoms with Gasteiger partial charge >= 0.3 is 0 Å². The van der Waals surface area contributed by atoms with E-state index in [-0.39, 0.29) is 0 Å². The van der Waals surface area contributed by atoms with Crippen LogP contribution in [0.3, 0.4) is 0 Å². The van der Waals surface area contributed by atoms with Crippen LogP contribution in [-0.4, -0.2) is 44.8 Å². The summed E-state index contributed by atoms with van der Waals surface area (Å²) in [6.45, 7) is 6.01. The van der Waals surface area contributed by atoms with Crippen molar-refractivity contribution >= 4 is 0 Å². The van der Waals surface area contributed by atoms with Gasteiger partial charge in [0, 0.05) is 51.3 Å². The topological polar surface area (TPSA) is 35.2 Å². The molecule has 0 aliphatic carbocycles. The van der Waals surface area contributed by atoms with Crippen LogP contribution >= 0.6 is 0 Å². The molecule has 0 spiro atoms. The van der Waals surface area contributed by atoms with E-state index in [1.807, 2.05) is 6.33 Å². The standard InChI is InChI=1S/C17H24N4O/c1-2-7-19(6-1)12-16-17-13-20(15-4-10-22-11-5-15)8-3-9-21(17)14-18-16/h1-2,6-7,14-15H,3-5,8-13H2. The van der Waals surface area contributed by atoms with E-state index in [1.165, 1.54) is 37.2 Å². The van der Waals surface area contributed by atoms with E-state index < -0.39 is 0 Å². The normalized spacial score (nSPS) is 20.7. The fourth-order valence-electron chi connectivity index (χ4n) is 3.68. The molecular formula is C17H24N4O. The minimum absolute atomic E-state index is 0.676. The van der Waals surface area contributed by atoms with Crippen molar-refractivity contribution in [1.82, 2.24) is 19.0 Å². The van der Waals surface area contributed by atoms with Crippen LogP contribution in [0, 0.1) is 0 Å². The second-order valence-corrected chi connectivity index (χ2v) is 6.35. The van der Waals surface area contributed by atoms with Crippen LogP contribution in [-0.2, 0) is 24.4 Å². The molecule has 0 radical (unpaired) electrons. The first-order valence-corrected chi connectivity index (χ1v) is 8.35. The van der Waals surface area contributed by atoms with Crippen LogP contribution in [0.25, 0.3) is 0 Å². The largest absolute Gasteiger partial charge is 0.381 e. The van der Waals surface area contributed by atoms with Gasteiger partial charge in [0.15, 0.2) is 0 Å². The average Bonchev–Trinajstić information content (AvgIpc) is 3.14. The van der Waals surface area contributed by atoms with E-state index >= 15 is 0 Å². The molecule has 5 nitrogen and oxygen atoms in total. The number of hydrogen-bond acceptors (Lipinski definition) is 3. The molecule has 0 atom stereocenters. The zero-order valence-electron chi connectivity index (χ0n) is 13.0. The SMILES string of the molecule is c1ccn(Cc2ncn3c2CN(C2CCOCC2)CCC3)c1. The summed E-state index contributed by atoms with van der Waals surface area (Å²) < 4.78 is 10.1. The lowest BCUT2D eigenvalue weighted by Gasteiger charge is -2.33. The Morgan fingerprint density at radius 1 is 1.14 bits per heavy atom. The molecule has 2 aromatic heterocycles. The van der Waals surface area contributed by atoms with Gasteiger partial charge < -0.3 is 13.9 Å². The van der Waals surface area contributed by atoms with Crippen molar-refractivity contribution in [2.45, 2.75) is 44.9 Å². The molecule has 22 heavy (non-hydrogen) atoms. The molecule has 0 bridgehead atoms. The van der Waals surface area contributed by atoms with Crippen molar-refractivity contribution in [3.8, 4) is 0 Å². The molecule has 4 rings (SSSR count). The lowest BCUT2D eigenvalue weighted by molar-refractivity contribution is 0.0314. The van der Waals surface area contributed by atoms with Crippen LogP contribution in [0.1, 0.15) is 30.7 Å². The van der Waals surface area contributed by atoms with Crippen LogP contribution in [0.2, 0.25) is 0 Å². The molecule has 0 aromatic carbocycles. The molecule has 4 heterocycles. The highest BCUT2D eigenvalue weighted by atomic mass is 16.5. The fraction of sp³-hybridized carbons (Fsp3) is 0.588. The van der Waals surface area contributed by atoms with E-state index in [1.54, 1.807) is 0 Å². The van der Waals surface area contributed by atoms with Gasteiger partial charge in [0.1, 0.15) is 0 Å². The van der Waals surface area contributed by atoms with Crippen LogP contribution in [0.5, 0.6) is 0 Å². The zero-order chi connectivity index (χ0) is 14.8. The van der Waals surface area contributed by atoms with Crippen LogP contribution < -0.4 is 0 Å². The maximum absolute atomic E-state index is 5.52. The lowest BCUT2D eigenvalue weighted by Crippen LogP contribution is -2.39. The van der Waals surface area contributed by atoms with Crippen LogP contribution in [0.4, 0.5) is 0 Å². The van der Waals surface area contributed by atoms with Crippen molar-refractivity contribution in [1.29, 1.82) is 0 Å². The highest BCUT2D eigenvalue weighted by Gasteiger charge is 2.25. The molecular weight excluding hydrogens is 276 g/mol. The molecule has 2 aliphatic rings. The van der Waals surface area contributed by atoms with Gasteiger partial charge in [-0.15, -0.1) is 0 Å². The number of nitrogens with zero attached hydrogens (tertiary/aromatic N) is 4. The van der Waals surface area contributed by atoms with Crippen molar-refractivity contribution in [2.24, 2.45) is 0 Å². The van der Waals surface area contributed by atoms with E-state index in [4.69, 9.17) is 4.74 Å². The molecule has 0 unspecified atom stereocenters. The van der Waals surface area contributed by atoms with Crippen molar-refractivity contribution in [2.75, 3.05) is 19.8 Å². The number of fused-ring (bicyclic) bond motifs is 1. The summed E-state index contributed by atoms with van der Waals surface area (Å²) in [5.41, 5.74) is 2.62. The van der Waals surface area contributed by atoms with Gasteiger partial charge in [0.2, 0.25) is 0 Å². The van der Waals surface area contributed by atoms with Gasteiger partial charge in [-0.05, 0) is 31.4 Å². The van der Waals surface area contributed by atoms with Crippen molar-refractivity contribution in [3.05, 3.63) is 42.2 Å². The fourth-order valence-corrected chi connectivity index (χ4v) is 3.68. The van der Waals surface area contributed by atoms with Gasteiger partial charge in [0.05, 0.1) is 24.3 Å². The molecule has 2 aromatic rings. The second-order valence-electron chi connectivity index (χ2n) is 6.35. The Balaban J connectivity index is 1.55. The molecule has 0 N–H and O–H groups in total. The third-order valence-electron chi connectivity index (χ3n) is 4.94. The monoisotopic (exact) mass is 300 g/mol. The van der Waals surface area contributed by atoms with Crippen LogP contribution in [0.15, 0.2) is 30.9 Å². The summed E-state index contributed by atoms with van der Waals surface area (Å²) in [6, 6.07) is 4.82. The molecule has 2 aliphatic heterocycles. The van der Waals surface area contributed by atoms with Gasteiger partial charge in [-0.25, -0.2) is 4.98 Å². The van der Waals surface area contributed by atoms with Gasteiger partial charge in [-0.2, -0.15) is 0 Å². The smallest absolute Gasteiger partial charge is 0.0952 e. The molecule has 0 saturated carbocycles. The summed E-state index contributed by atoms with van der Waals surface area (Å²) in [7, 11) is 0. The minimum Gasteiger partial charge on any atom is -0.381 e.